The zero-order valence-electron chi connectivity index (χ0n) is 19.0. The van der Waals surface area contributed by atoms with Crippen molar-refractivity contribution in [1.82, 2.24) is 24.9 Å². The van der Waals surface area contributed by atoms with Crippen molar-refractivity contribution in [3.8, 4) is 11.6 Å². The monoisotopic (exact) mass is 567 g/mol. The fraction of sp³-hybridized carbons (Fsp3) is 0.522. The molecule has 0 amide bonds. The minimum atomic E-state index is -2.95. The maximum Gasteiger partial charge on any atom is 0.223 e. The molecule has 0 radical (unpaired) electrons. The van der Waals surface area contributed by atoms with Crippen molar-refractivity contribution in [2.45, 2.75) is 38.8 Å². The molecule has 1 saturated heterocycles. The summed E-state index contributed by atoms with van der Waals surface area (Å²) in [6, 6.07) is 5.78. The van der Waals surface area contributed by atoms with E-state index in [2.05, 4.69) is 36.1 Å². The van der Waals surface area contributed by atoms with Crippen molar-refractivity contribution in [1.29, 1.82) is 0 Å². The van der Waals surface area contributed by atoms with Gasteiger partial charge in [-0.25, -0.2) is 18.1 Å². The summed E-state index contributed by atoms with van der Waals surface area (Å²) in [4.78, 5) is 6.75. The molecule has 3 heterocycles. The van der Waals surface area contributed by atoms with Gasteiger partial charge in [0.1, 0.15) is 21.1 Å². The van der Waals surface area contributed by atoms with E-state index in [4.69, 9.17) is 16.3 Å². The van der Waals surface area contributed by atoms with Gasteiger partial charge in [-0.05, 0) is 84.7 Å². The van der Waals surface area contributed by atoms with E-state index in [0.29, 0.717) is 29.1 Å². The minimum Gasteiger partial charge on any atom is -0.437 e. The highest BCUT2D eigenvalue weighted by Gasteiger charge is 2.25. The Hall–Kier alpha value is -1.75. The Kier molecular flexibility index (Phi) is 6.85. The number of benzene rings is 1. The number of fused-ring (bicyclic) bond motifs is 1. The first kappa shape index (κ1) is 24.0. The normalized spacial score (nSPS) is 18.0. The van der Waals surface area contributed by atoms with Crippen molar-refractivity contribution in [2.75, 3.05) is 25.1 Å². The fourth-order valence-corrected chi connectivity index (χ4v) is 6.37. The van der Waals surface area contributed by atoms with Crippen LogP contribution >= 0.6 is 27.5 Å². The van der Waals surface area contributed by atoms with Crippen LogP contribution < -0.4 is 4.74 Å². The molecular weight excluding hydrogens is 542 g/mol. The van der Waals surface area contributed by atoms with Crippen LogP contribution in [0, 0.1) is 11.8 Å². The smallest absolute Gasteiger partial charge is 0.223 e. The first-order valence-electron chi connectivity index (χ1n) is 11.5. The van der Waals surface area contributed by atoms with Crippen LogP contribution in [0.3, 0.4) is 0 Å². The molecule has 0 unspecified atom stereocenters. The molecular formula is C23H27BrClN5O3S. The van der Waals surface area contributed by atoms with E-state index in [9.17, 15) is 8.42 Å². The van der Waals surface area contributed by atoms with Crippen molar-refractivity contribution >= 4 is 48.4 Å². The van der Waals surface area contributed by atoms with Crippen LogP contribution in [0.1, 0.15) is 31.2 Å². The maximum atomic E-state index is 11.6. The van der Waals surface area contributed by atoms with Crippen LogP contribution in [0.5, 0.6) is 11.6 Å². The number of pyridine rings is 1. The third kappa shape index (κ3) is 5.72. The lowest BCUT2D eigenvalue weighted by molar-refractivity contribution is 0.184. The number of nitrogens with zero attached hydrogens (tertiary/aromatic N) is 5. The lowest BCUT2D eigenvalue weighted by Gasteiger charge is -2.31. The molecule has 182 valence electrons. The van der Waals surface area contributed by atoms with Crippen molar-refractivity contribution in [2.24, 2.45) is 11.8 Å². The average Bonchev–Trinajstić information content (AvgIpc) is 3.50. The van der Waals surface area contributed by atoms with E-state index in [1.165, 1.54) is 19.1 Å². The van der Waals surface area contributed by atoms with Gasteiger partial charge in [-0.3, -0.25) is 4.90 Å². The summed E-state index contributed by atoms with van der Waals surface area (Å²) in [6.45, 7) is 3.18. The highest BCUT2D eigenvalue weighted by atomic mass is 79.9. The minimum absolute atomic E-state index is 0.218. The van der Waals surface area contributed by atoms with Crippen molar-refractivity contribution in [3.63, 3.8) is 0 Å². The summed E-state index contributed by atoms with van der Waals surface area (Å²) in [6.07, 6.45) is 7.11. The molecule has 1 aliphatic heterocycles. The molecule has 34 heavy (non-hydrogen) atoms. The maximum absolute atomic E-state index is 11.6. The molecule has 0 spiro atoms. The second-order valence-electron chi connectivity index (χ2n) is 9.49. The largest absolute Gasteiger partial charge is 0.437 e. The Morgan fingerprint density at radius 2 is 1.94 bits per heavy atom. The number of sulfone groups is 1. The van der Waals surface area contributed by atoms with E-state index >= 15 is 0 Å². The highest BCUT2D eigenvalue weighted by molar-refractivity contribution is 9.10. The molecule has 3 aromatic rings. The van der Waals surface area contributed by atoms with E-state index in [-0.39, 0.29) is 11.7 Å². The summed E-state index contributed by atoms with van der Waals surface area (Å²) >= 11 is 9.91. The molecule has 1 saturated carbocycles. The van der Waals surface area contributed by atoms with Gasteiger partial charge in [-0.1, -0.05) is 16.8 Å². The highest BCUT2D eigenvalue weighted by Crippen LogP contribution is 2.37. The van der Waals surface area contributed by atoms with Crippen LogP contribution in [-0.4, -0.2) is 58.4 Å². The molecule has 11 heteroatoms. The third-order valence-electron chi connectivity index (χ3n) is 6.46. The van der Waals surface area contributed by atoms with Crippen LogP contribution in [0.4, 0.5) is 0 Å². The second kappa shape index (κ2) is 9.72. The van der Waals surface area contributed by atoms with Crippen LogP contribution in [0.2, 0.25) is 5.02 Å². The number of hydrogen-bond donors (Lipinski definition) is 0. The van der Waals surface area contributed by atoms with Gasteiger partial charge < -0.3 is 4.74 Å². The van der Waals surface area contributed by atoms with Gasteiger partial charge in [0.05, 0.1) is 20.8 Å². The number of ether oxygens (including phenoxy) is 1. The molecule has 8 nitrogen and oxygen atoms in total. The number of hydrogen-bond acceptors (Lipinski definition) is 7. The van der Waals surface area contributed by atoms with Crippen LogP contribution in [0.15, 0.2) is 28.9 Å². The van der Waals surface area contributed by atoms with Crippen LogP contribution in [-0.2, 0) is 22.9 Å². The number of aromatic nitrogens is 4. The van der Waals surface area contributed by atoms with Gasteiger partial charge in [0.25, 0.3) is 0 Å². The lowest BCUT2D eigenvalue weighted by Crippen LogP contribution is -2.35. The molecule has 5 rings (SSSR count). The summed E-state index contributed by atoms with van der Waals surface area (Å²) in [5.74, 6) is 2.30. The molecule has 2 fully saturated rings. The summed E-state index contributed by atoms with van der Waals surface area (Å²) in [5.41, 5.74) is 2.63. The number of likely N-dealkylation sites (tertiary alicyclic amines) is 1. The Bertz CT molecular complexity index is 1300. The quantitative estimate of drug-likeness (QED) is 0.389. The average molecular weight is 569 g/mol. The van der Waals surface area contributed by atoms with Crippen LogP contribution in [0.25, 0.3) is 11.0 Å². The summed E-state index contributed by atoms with van der Waals surface area (Å²) < 4.78 is 32.2. The zero-order valence-corrected chi connectivity index (χ0v) is 22.1. The van der Waals surface area contributed by atoms with Gasteiger partial charge in [0, 0.05) is 31.1 Å². The molecule has 0 bridgehead atoms. The lowest BCUT2D eigenvalue weighted by atomic mass is 9.98. The van der Waals surface area contributed by atoms with Gasteiger partial charge in [0.2, 0.25) is 5.88 Å². The number of halogens is 2. The molecule has 2 aliphatic rings. The Balaban J connectivity index is 1.31. The topological polar surface area (TPSA) is 90.2 Å². The second-order valence-corrected chi connectivity index (χ2v) is 12.9. The molecule has 1 aromatic carbocycles. The first-order valence-corrected chi connectivity index (χ1v) is 14.7. The van der Waals surface area contributed by atoms with Gasteiger partial charge >= 0.3 is 0 Å². The summed E-state index contributed by atoms with van der Waals surface area (Å²) in [7, 11) is -2.95. The third-order valence-corrected chi connectivity index (χ3v) is 8.51. The van der Waals surface area contributed by atoms with Gasteiger partial charge in [0.15, 0.2) is 0 Å². The fourth-order valence-electron chi connectivity index (χ4n) is 4.50. The summed E-state index contributed by atoms with van der Waals surface area (Å²) in [5, 5.41) is 9.23. The Labute approximate surface area is 212 Å². The van der Waals surface area contributed by atoms with Crippen molar-refractivity contribution < 1.29 is 13.2 Å². The van der Waals surface area contributed by atoms with E-state index in [1.807, 2.05) is 22.9 Å². The molecule has 0 N–H and O–H groups in total. The van der Waals surface area contributed by atoms with Gasteiger partial charge in [-0.15, -0.1) is 5.10 Å². The zero-order chi connectivity index (χ0) is 23.9. The molecule has 2 aromatic heterocycles. The number of rotatable bonds is 8. The first-order chi connectivity index (χ1) is 16.2. The van der Waals surface area contributed by atoms with E-state index < -0.39 is 9.84 Å². The Morgan fingerprint density at radius 3 is 2.65 bits per heavy atom. The van der Waals surface area contributed by atoms with E-state index in [0.717, 1.165) is 53.5 Å². The van der Waals surface area contributed by atoms with Crippen molar-refractivity contribution in [3.05, 3.63) is 39.5 Å². The number of piperidine rings is 1. The Morgan fingerprint density at radius 1 is 1.18 bits per heavy atom. The molecule has 0 atom stereocenters. The standard InChI is InChI=1S/C23H27BrClN5O3S/c1-34(31,32)14-16-6-8-29(9-7-16)13-17-10-18(25)11-26-23(17)33-20-5-4-19-22(21(20)24)27-28-30(19)12-15-2-3-15/h4-5,10-11,15-16H,2-3,6-9,12-14H2,1H3. The predicted octanol–water partition coefficient (Wildman–Crippen LogP) is 4.70. The predicted molar refractivity (Wildman–Crippen MR) is 135 cm³/mol. The molecule has 1 aliphatic carbocycles. The van der Waals surface area contributed by atoms with E-state index in [1.54, 1.807) is 6.20 Å². The SMILES string of the molecule is CS(=O)(=O)CC1CCN(Cc2cc(Cl)cnc2Oc2ccc3c(nnn3CC3CC3)c2Br)CC1. The van der Waals surface area contributed by atoms with Gasteiger partial charge in [-0.2, -0.15) is 0 Å².